The minimum atomic E-state index is -0.275. The van der Waals surface area contributed by atoms with Gasteiger partial charge in [-0.2, -0.15) is 5.26 Å². The number of thiazole rings is 1. The van der Waals surface area contributed by atoms with Gasteiger partial charge >= 0.3 is 0 Å². The number of anilines is 1. The lowest BCUT2D eigenvalue weighted by Gasteiger charge is -2.37. The molecule has 1 amide bonds. The normalized spacial score (nSPS) is 16.3. The van der Waals surface area contributed by atoms with Crippen molar-refractivity contribution < 1.29 is 4.79 Å². The van der Waals surface area contributed by atoms with Crippen LogP contribution in [0.2, 0.25) is 0 Å². The van der Waals surface area contributed by atoms with E-state index < -0.39 is 0 Å². The van der Waals surface area contributed by atoms with E-state index >= 15 is 0 Å². The number of carbonyl (C=O) groups excluding carboxylic acids is 1. The first-order chi connectivity index (χ1) is 14.5. The first-order valence-corrected chi connectivity index (χ1v) is 10.6. The van der Waals surface area contributed by atoms with Gasteiger partial charge in [0, 0.05) is 56.1 Å². The summed E-state index contributed by atoms with van der Waals surface area (Å²) in [6, 6.07) is 10.3. The molecular weight excluding hydrogens is 400 g/mol. The molecule has 1 fully saturated rings. The number of hydrogen-bond donors (Lipinski definition) is 1. The Labute approximate surface area is 178 Å². The second-order valence-corrected chi connectivity index (χ2v) is 8.18. The van der Waals surface area contributed by atoms with Crippen molar-refractivity contribution in [1.82, 2.24) is 19.2 Å². The van der Waals surface area contributed by atoms with E-state index in [2.05, 4.69) is 26.2 Å². The first-order valence-electron chi connectivity index (χ1n) is 9.77. The van der Waals surface area contributed by atoms with Crippen LogP contribution < -0.4 is 10.9 Å². The van der Waals surface area contributed by atoms with E-state index in [-0.39, 0.29) is 17.5 Å². The maximum atomic E-state index is 12.6. The molecule has 3 heterocycles. The molecule has 0 spiro atoms. The van der Waals surface area contributed by atoms with Gasteiger partial charge in [0.2, 0.25) is 5.91 Å². The quantitative estimate of drug-likeness (QED) is 0.674. The lowest BCUT2D eigenvalue weighted by atomic mass is 10.2. The number of nitrogens with zero attached hydrogens (tertiary/aromatic N) is 5. The fraction of sp³-hybridized carbons (Fsp3) is 0.333. The molecule has 1 atom stereocenters. The Morgan fingerprint density at radius 1 is 1.30 bits per heavy atom. The molecule has 1 saturated heterocycles. The summed E-state index contributed by atoms with van der Waals surface area (Å²) in [6.07, 6.45) is 1.74. The zero-order chi connectivity index (χ0) is 21.1. The van der Waals surface area contributed by atoms with Gasteiger partial charge in [0.1, 0.15) is 0 Å². The zero-order valence-corrected chi connectivity index (χ0v) is 17.4. The summed E-state index contributed by atoms with van der Waals surface area (Å²) >= 11 is 1.45. The van der Waals surface area contributed by atoms with E-state index in [0.717, 1.165) is 31.9 Å². The number of amides is 1. The fourth-order valence-corrected chi connectivity index (χ4v) is 4.32. The van der Waals surface area contributed by atoms with Gasteiger partial charge in [-0.15, -0.1) is 11.3 Å². The second kappa shape index (κ2) is 8.75. The molecule has 2 aromatic heterocycles. The number of nitriles is 1. The summed E-state index contributed by atoms with van der Waals surface area (Å²) in [5, 5.41) is 13.7. The van der Waals surface area contributed by atoms with E-state index in [1.807, 2.05) is 12.3 Å². The number of aromatic nitrogens is 2. The van der Waals surface area contributed by atoms with Crippen molar-refractivity contribution in [3.63, 3.8) is 0 Å². The van der Waals surface area contributed by atoms with E-state index in [9.17, 15) is 9.59 Å². The number of carbonyl (C=O) groups is 1. The minimum absolute atomic E-state index is 0.0550. The molecule has 4 rings (SSSR count). The van der Waals surface area contributed by atoms with E-state index in [4.69, 9.17) is 5.26 Å². The predicted octanol–water partition coefficient (Wildman–Crippen LogP) is 1.77. The summed E-state index contributed by atoms with van der Waals surface area (Å²) in [6.45, 7) is 5.63. The average Bonchev–Trinajstić information content (AvgIpc) is 3.23. The Hall–Kier alpha value is -3.06. The van der Waals surface area contributed by atoms with Gasteiger partial charge in [0.15, 0.2) is 4.96 Å². The van der Waals surface area contributed by atoms with Crippen molar-refractivity contribution in [1.29, 1.82) is 5.26 Å². The molecular formula is C21H22N6O2S. The summed E-state index contributed by atoms with van der Waals surface area (Å²) in [5.74, 6) is -0.0867. The third kappa shape index (κ3) is 4.41. The van der Waals surface area contributed by atoms with Crippen LogP contribution in [0.15, 0.2) is 46.7 Å². The van der Waals surface area contributed by atoms with Crippen LogP contribution in [-0.4, -0.2) is 57.3 Å². The number of benzene rings is 1. The van der Waals surface area contributed by atoms with E-state index in [1.165, 1.54) is 11.3 Å². The number of rotatable bonds is 5. The summed E-state index contributed by atoms with van der Waals surface area (Å²) < 4.78 is 1.55. The average molecular weight is 423 g/mol. The molecule has 1 aliphatic rings. The molecule has 0 aliphatic carbocycles. The van der Waals surface area contributed by atoms with Gasteiger partial charge in [-0.3, -0.25) is 23.8 Å². The van der Waals surface area contributed by atoms with E-state index in [1.54, 1.807) is 40.9 Å². The number of fused-ring (bicyclic) bond motifs is 1. The number of hydrogen-bond acceptors (Lipinski definition) is 7. The molecule has 154 valence electrons. The largest absolute Gasteiger partial charge is 0.325 e. The highest BCUT2D eigenvalue weighted by Gasteiger charge is 2.26. The molecule has 1 N–H and O–H groups in total. The molecule has 30 heavy (non-hydrogen) atoms. The molecule has 0 radical (unpaired) electrons. The van der Waals surface area contributed by atoms with Crippen molar-refractivity contribution in [3.8, 4) is 6.07 Å². The van der Waals surface area contributed by atoms with Crippen LogP contribution in [0.1, 0.15) is 18.2 Å². The standard InChI is InChI=1S/C21H22N6O2S/c1-15(20(29)23-17-4-2-3-16(11-17)13-22)26-7-5-25(6-8-26)14-18-12-19(28)27-9-10-30-21(27)24-18/h2-4,9-12,15H,5-8,14H2,1H3,(H,23,29). The fourth-order valence-electron chi connectivity index (χ4n) is 3.59. The third-order valence-electron chi connectivity index (χ3n) is 5.34. The van der Waals surface area contributed by atoms with Gasteiger partial charge in [-0.25, -0.2) is 4.98 Å². The Morgan fingerprint density at radius 3 is 2.87 bits per heavy atom. The number of nitrogens with one attached hydrogen (secondary N) is 1. The van der Waals surface area contributed by atoms with Crippen molar-refractivity contribution in [2.75, 3.05) is 31.5 Å². The number of piperazine rings is 1. The minimum Gasteiger partial charge on any atom is -0.325 e. The van der Waals surface area contributed by atoms with Crippen LogP contribution in [0.4, 0.5) is 5.69 Å². The molecule has 1 aromatic carbocycles. The molecule has 1 unspecified atom stereocenters. The Bertz CT molecular complexity index is 1160. The van der Waals surface area contributed by atoms with Crippen LogP contribution in [0.5, 0.6) is 0 Å². The lowest BCUT2D eigenvalue weighted by Crippen LogP contribution is -2.52. The van der Waals surface area contributed by atoms with Crippen LogP contribution in [0.25, 0.3) is 4.96 Å². The van der Waals surface area contributed by atoms with Crippen LogP contribution in [-0.2, 0) is 11.3 Å². The smallest absolute Gasteiger partial charge is 0.258 e. The Morgan fingerprint density at radius 2 is 2.10 bits per heavy atom. The molecule has 0 bridgehead atoms. The first kappa shape index (κ1) is 20.2. The van der Waals surface area contributed by atoms with Gasteiger partial charge in [0.05, 0.1) is 23.4 Å². The monoisotopic (exact) mass is 422 g/mol. The second-order valence-electron chi connectivity index (χ2n) is 7.31. The Kier molecular flexibility index (Phi) is 5.90. The molecule has 0 saturated carbocycles. The van der Waals surface area contributed by atoms with Crippen molar-refractivity contribution in [2.24, 2.45) is 0 Å². The van der Waals surface area contributed by atoms with Crippen LogP contribution in [0, 0.1) is 11.3 Å². The highest BCUT2D eigenvalue weighted by atomic mass is 32.1. The van der Waals surface area contributed by atoms with Crippen LogP contribution in [0.3, 0.4) is 0 Å². The Balaban J connectivity index is 1.32. The van der Waals surface area contributed by atoms with E-state index in [0.29, 0.717) is 22.8 Å². The highest BCUT2D eigenvalue weighted by Crippen LogP contribution is 2.14. The van der Waals surface area contributed by atoms with Crippen LogP contribution >= 0.6 is 11.3 Å². The molecule has 9 heteroatoms. The van der Waals surface area contributed by atoms with Gasteiger partial charge in [0.25, 0.3) is 5.56 Å². The van der Waals surface area contributed by atoms with Gasteiger partial charge in [-0.05, 0) is 25.1 Å². The molecule has 1 aliphatic heterocycles. The van der Waals surface area contributed by atoms with Crippen molar-refractivity contribution >= 4 is 27.9 Å². The van der Waals surface area contributed by atoms with Crippen molar-refractivity contribution in [2.45, 2.75) is 19.5 Å². The summed E-state index contributed by atoms with van der Waals surface area (Å²) in [4.78, 5) is 34.5. The van der Waals surface area contributed by atoms with Gasteiger partial charge < -0.3 is 5.32 Å². The third-order valence-corrected chi connectivity index (χ3v) is 6.09. The topological polar surface area (TPSA) is 93.7 Å². The maximum absolute atomic E-state index is 12.6. The summed E-state index contributed by atoms with van der Waals surface area (Å²) in [7, 11) is 0. The molecule has 8 nitrogen and oxygen atoms in total. The maximum Gasteiger partial charge on any atom is 0.258 e. The summed E-state index contributed by atoms with van der Waals surface area (Å²) in [5.41, 5.74) is 1.87. The van der Waals surface area contributed by atoms with Gasteiger partial charge in [-0.1, -0.05) is 6.07 Å². The van der Waals surface area contributed by atoms with Crippen molar-refractivity contribution in [3.05, 3.63) is 63.5 Å². The predicted molar refractivity (Wildman–Crippen MR) is 115 cm³/mol. The lowest BCUT2D eigenvalue weighted by molar-refractivity contribution is -0.121. The zero-order valence-electron chi connectivity index (χ0n) is 16.6. The SMILES string of the molecule is CC(C(=O)Nc1cccc(C#N)c1)N1CCN(Cc2cc(=O)n3ccsc3n2)CC1. The molecule has 3 aromatic rings. The highest BCUT2D eigenvalue weighted by molar-refractivity contribution is 7.15.